The molecule has 2 heterocycles. The lowest BCUT2D eigenvalue weighted by Gasteiger charge is -2.43. The maximum absolute atomic E-state index is 13.8. The van der Waals surface area contributed by atoms with E-state index in [0.717, 1.165) is 45.0 Å². The van der Waals surface area contributed by atoms with Crippen LogP contribution < -0.4 is 10.2 Å². The van der Waals surface area contributed by atoms with E-state index in [0.29, 0.717) is 0 Å². The number of hydrogen-bond donors (Lipinski definition) is 1. The number of hydrogen-bond acceptors (Lipinski definition) is 3. The Morgan fingerprint density at radius 2 is 1.90 bits per heavy atom. The summed E-state index contributed by atoms with van der Waals surface area (Å²) in [6.07, 6.45) is 3.90. The van der Waals surface area contributed by atoms with Crippen molar-refractivity contribution in [3.05, 3.63) is 30.1 Å². The molecule has 1 N–H and O–H groups in total. The number of anilines is 1. The Hall–Kier alpha value is -1.13. The number of halogens is 1. The third-order valence-electron chi connectivity index (χ3n) is 4.85. The Morgan fingerprint density at radius 1 is 1.14 bits per heavy atom. The Labute approximate surface area is 127 Å². The molecule has 4 heteroatoms. The fourth-order valence-corrected chi connectivity index (χ4v) is 3.60. The highest BCUT2D eigenvalue weighted by Gasteiger charge is 2.30. The standard InChI is InChI=1S/C17H26FN3/c1-17(8-4-5-9-19-17)14-20-10-12-21(13-11-20)16-7-3-2-6-15(16)18/h2-3,6-7,19H,4-5,8-14H2,1H3. The summed E-state index contributed by atoms with van der Waals surface area (Å²) >= 11 is 0. The fraction of sp³-hybridized carbons (Fsp3) is 0.647. The van der Waals surface area contributed by atoms with Gasteiger partial charge in [-0.3, -0.25) is 4.90 Å². The zero-order valence-corrected chi connectivity index (χ0v) is 12.9. The Bertz CT molecular complexity index is 463. The van der Waals surface area contributed by atoms with E-state index < -0.39 is 0 Å². The number of piperazine rings is 1. The maximum Gasteiger partial charge on any atom is 0.146 e. The minimum atomic E-state index is -0.105. The summed E-state index contributed by atoms with van der Waals surface area (Å²) in [6, 6.07) is 7.10. The summed E-state index contributed by atoms with van der Waals surface area (Å²) in [5.41, 5.74) is 1.01. The first-order valence-corrected chi connectivity index (χ1v) is 8.13. The number of nitrogens with one attached hydrogen (secondary N) is 1. The van der Waals surface area contributed by atoms with Gasteiger partial charge in [-0.15, -0.1) is 0 Å². The van der Waals surface area contributed by atoms with Crippen LogP contribution in [0.25, 0.3) is 0 Å². The molecule has 0 radical (unpaired) electrons. The lowest BCUT2D eigenvalue weighted by Crippen LogP contribution is -2.57. The minimum absolute atomic E-state index is 0.105. The van der Waals surface area contributed by atoms with Gasteiger partial charge in [-0.2, -0.15) is 0 Å². The van der Waals surface area contributed by atoms with Gasteiger partial charge in [0.25, 0.3) is 0 Å². The normalized spacial score (nSPS) is 27.8. The van der Waals surface area contributed by atoms with Gasteiger partial charge in [0.15, 0.2) is 0 Å². The smallest absolute Gasteiger partial charge is 0.146 e. The third-order valence-corrected chi connectivity index (χ3v) is 4.85. The van der Waals surface area contributed by atoms with Crippen LogP contribution in [0.5, 0.6) is 0 Å². The van der Waals surface area contributed by atoms with Crippen molar-refractivity contribution >= 4 is 5.69 Å². The third kappa shape index (κ3) is 3.55. The van der Waals surface area contributed by atoms with Crippen LogP contribution in [0.1, 0.15) is 26.2 Å². The highest BCUT2D eigenvalue weighted by atomic mass is 19.1. The molecule has 1 aromatic rings. The summed E-state index contributed by atoms with van der Waals surface area (Å²) in [7, 11) is 0. The molecule has 1 unspecified atom stereocenters. The molecule has 2 saturated heterocycles. The fourth-order valence-electron chi connectivity index (χ4n) is 3.60. The second kappa shape index (κ2) is 6.32. The number of rotatable bonds is 3. The zero-order chi connectivity index (χ0) is 14.7. The molecule has 2 fully saturated rings. The topological polar surface area (TPSA) is 18.5 Å². The van der Waals surface area contributed by atoms with E-state index in [4.69, 9.17) is 0 Å². The first-order chi connectivity index (χ1) is 10.2. The second-order valence-electron chi connectivity index (χ2n) is 6.66. The average molecular weight is 291 g/mol. The van der Waals surface area contributed by atoms with Crippen LogP contribution >= 0.6 is 0 Å². The van der Waals surface area contributed by atoms with Crippen molar-refractivity contribution in [3.8, 4) is 0 Å². The summed E-state index contributed by atoms with van der Waals surface area (Å²) in [5.74, 6) is -0.105. The largest absolute Gasteiger partial charge is 0.367 e. The van der Waals surface area contributed by atoms with Crippen LogP contribution in [-0.4, -0.2) is 49.7 Å². The lowest BCUT2D eigenvalue weighted by atomic mass is 9.90. The van der Waals surface area contributed by atoms with Gasteiger partial charge in [-0.1, -0.05) is 18.6 Å². The van der Waals surface area contributed by atoms with Crippen molar-refractivity contribution in [1.29, 1.82) is 0 Å². The first-order valence-electron chi connectivity index (χ1n) is 8.13. The molecule has 116 valence electrons. The molecule has 0 aliphatic carbocycles. The maximum atomic E-state index is 13.8. The lowest BCUT2D eigenvalue weighted by molar-refractivity contribution is 0.157. The molecule has 21 heavy (non-hydrogen) atoms. The van der Waals surface area contributed by atoms with Crippen molar-refractivity contribution in [1.82, 2.24) is 10.2 Å². The van der Waals surface area contributed by atoms with Crippen molar-refractivity contribution in [2.75, 3.05) is 44.2 Å². The summed E-state index contributed by atoms with van der Waals surface area (Å²) in [6.45, 7) is 8.46. The minimum Gasteiger partial charge on any atom is -0.367 e. The van der Waals surface area contributed by atoms with Crippen LogP contribution in [-0.2, 0) is 0 Å². The highest BCUT2D eigenvalue weighted by Crippen LogP contribution is 2.23. The van der Waals surface area contributed by atoms with Gasteiger partial charge >= 0.3 is 0 Å². The Kier molecular flexibility index (Phi) is 4.45. The van der Waals surface area contributed by atoms with Gasteiger partial charge in [0.05, 0.1) is 5.69 Å². The quantitative estimate of drug-likeness (QED) is 0.923. The predicted molar refractivity (Wildman–Crippen MR) is 85.3 cm³/mol. The molecule has 2 aliphatic rings. The summed E-state index contributed by atoms with van der Waals surface area (Å²) < 4.78 is 13.8. The Balaban J connectivity index is 1.54. The van der Waals surface area contributed by atoms with Gasteiger partial charge in [0, 0.05) is 38.3 Å². The monoisotopic (exact) mass is 291 g/mol. The van der Waals surface area contributed by atoms with E-state index in [2.05, 4.69) is 22.0 Å². The molecule has 0 spiro atoms. The van der Waals surface area contributed by atoms with Crippen LogP contribution in [0.15, 0.2) is 24.3 Å². The van der Waals surface area contributed by atoms with Crippen molar-refractivity contribution in [3.63, 3.8) is 0 Å². The van der Waals surface area contributed by atoms with Crippen LogP contribution in [0.2, 0.25) is 0 Å². The number of benzene rings is 1. The van der Waals surface area contributed by atoms with Gasteiger partial charge in [0.2, 0.25) is 0 Å². The van der Waals surface area contributed by atoms with Gasteiger partial charge in [-0.25, -0.2) is 4.39 Å². The van der Waals surface area contributed by atoms with Crippen LogP contribution in [0.3, 0.4) is 0 Å². The molecular formula is C17H26FN3. The average Bonchev–Trinajstić information content (AvgIpc) is 2.49. The van der Waals surface area contributed by atoms with Crippen molar-refractivity contribution < 1.29 is 4.39 Å². The van der Waals surface area contributed by atoms with E-state index >= 15 is 0 Å². The molecule has 2 aliphatic heterocycles. The summed E-state index contributed by atoms with van der Waals surface area (Å²) in [5, 5.41) is 3.68. The van der Waals surface area contributed by atoms with Gasteiger partial charge < -0.3 is 10.2 Å². The molecule has 0 aromatic heterocycles. The van der Waals surface area contributed by atoms with Crippen LogP contribution in [0.4, 0.5) is 10.1 Å². The molecule has 3 rings (SSSR count). The SMILES string of the molecule is CC1(CN2CCN(c3ccccc3F)CC2)CCCCN1. The predicted octanol–water partition coefficient (Wildman–Crippen LogP) is 2.48. The van der Waals surface area contributed by atoms with E-state index in [9.17, 15) is 4.39 Å². The Morgan fingerprint density at radius 3 is 2.57 bits per heavy atom. The molecule has 1 aromatic carbocycles. The van der Waals surface area contributed by atoms with Crippen molar-refractivity contribution in [2.24, 2.45) is 0 Å². The van der Waals surface area contributed by atoms with Crippen molar-refractivity contribution in [2.45, 2.75) is 31.7 Å². The molecule has 0 bridgehead atoms. The van der Waals surface area contributed by atoms with Gasteiger partial charge in [0.1, 0.15) is 5.82 Å². The number of piperidine rings is 1. The summed E-state index contributed by atoms with van der Waals surface area (Å²) in [4.78, 5) is 4.69. The van der Waals surface area contributed by atoms with E-state index in [1.807, 2.05) is 12.1 Å². The van der Waals surface area contributed by atoms with E-state index in [1.165, 1.54) is 19.3 Å². The first kappa shape index (κ1) is 14.8. The molecule has 3 nitrogen and oxygen atoms in total. The molecule has 1 atom stereocenters. The van der Waals surface area contributed by atoms with Gasteiger partial charge in [-0.05, 0) is 38.4 Å². The van der Waals surface area contributed by atoms with Crippen LogP contribution in [0, 0.1) is 5.82 Å². The second-order valence-corrected chi connectivity index (χ2v) is 6.66. The number of para-hydroxylation sites is 1. The molecule has 0 amide bonds. The van der Waals surface area contributed by atoms with E-state index in [1.54, 1.807) is 12.1 Å². The molecule has 0 saturated carbocycles. The number of nitrogens with zero attached hydrogens (tertiary/aromatic N) is 2. The highest BCUT2D eigenvalue weighted by molar-refractivity contribution is 5.47. The van der Waals surface area contributed by atoms with E-state index in [-0.39, 0.29) is 11.4 Å². The zero-order valence-electron chi connectivity index (χ0n) is 12.9. The molecular weight excluding hydrogens is 265 g/mol.